The highest BCUT2D eigenvalue weighted by atomic mass is 35.5. The summed E-state index contributed by atoms with van der Waals surface area (Å²) < 4.78 is 1.57. The monoisotopic (exact) mass is 396 g/mol. The fourth-order valence-electron chi connectivity index (χ4n) is 3.45. The van der Waals surface area contributed by atoms with E-state index in [0.717, 1.165) is 42.3 Å². The second kappa shape index (κ2) is 7.98. The van der Waals surface area contributed by atoms with Gasteiger partial charge in [-0.25, -0.2) is 15.0 Å². The molecule has 0 unspecified atom stereocenters. The lowest BCUT2D eigenvalue weighted by Gasteiger charge is -2.16. The SMILES string of the molecule is Cc1nc(N[C@H]2CC[C@H](Nc3ccc(-n4ccccc4=O)cn3)C2)cnc1Cl. The molecule has 144 valence electrons. The summed E-state index contributed by atoms with van der Waals surface area (Å²) >= 11 is 5.93. The summed E-state index contributed by atoms with van der Waals surface area (Å²) in [4.78, 5) is 24.9. The zero-order chi connectivity index (χ0) is 19.5. The first-order valence-corrected chi connectivity index (χ1v) is 9.62. The van der Waals surface area contributed by atoms with Crippen LogP contribution in [0, 0.1) is 6.92 Å². The minimum absolute atomic E-state index is 0.0738. The molecule has 28 heavy (non-hydrogen) atoms. The van der Waals surface area contributed by atoms with E-state index in [4.69, 9.17) is 11.6 Å². The van der Waals surface area contributed by atoms with E-state index in [2.05, 4.69) is 25.6 Å². The van der Waals surface area contributed by atoms with Crippen molar-refractivity contribution in [1.29, 1.82) is 0 Å². The first-order valence-electron chi connectivity index (χ1n) is 9.25. The largest absolute Gasteiger partial charge is 0.367 e. The average molecular weight is 397 g/mol. The molecule has 0 spiro atoms. The lowest BCUT2D eigenvalue weighted by molar-refractivity contribution is 0.719. The van der Waals surface area contributed by atoms with E-state index in [-0.39, 0.29) is 5.56 Å². The third-order valence-corrected chi connectivity index (χ3v) is 5.24. The highest BCUT2D eigenvalue weighted by molar-refractivity contribution is 6.29. The van der Waals surface area contributed by atoms with Gasteiger partial charge in [-0.1, -0.05) is 17.7 Å². The average Bonchev–Trinajstić information content (AvgIpc) is 3.13. The van der Waals surface area contributed by atoms with E-state index in [1.54, 1.807) is 29.2 Å². The minimum atomic E-state index is -0.0738. The smallest absolute Gasteiger partial charge is 0.255 e. The van der Waals surface area contributed by atoms with Gasteiger partial charge >= 0.3 is 0 Å². The van der Waals surface area contributed by atoms with Crippen molar-refractivity contribution in [2.45, 2.75) is 38.3 Å². The van der Waals surface area contributed by atoms with Gasteiger partial charge in [0, 0.05) is 24.3 Å². The maximum absolute atomic E-state index is 11.9. The van der Waals surface area contributed by atoms with Crippen LogP contribution in [0.5, 0.6) is 0 Å². The van der Waals surface area contributed by atoms with Crippen molar-refractivity contribution in [2.24, 2.45) is 0 Å². The first-order chi connectivity index (χ1) is 13.6. The molecule has 3 aromatic heterocycles. The normalized spacial score (nSPS) is 18.8. The Morgan fingerprint density at radius 1 is 1.04 bits per heavy atom. The number of nitrogens with zero attached hydrogens (tertiary/aromatic N) is 4. The molecule has 2 N–H and O–H groups in total. The predicted octanol–water partition coefficient (Wildman–Crippen LogP) is 3.43. The van der Waals surface area contributed by atoms with Gasteiger partial charge in [-0.05, 0) is 44.4 Å². The van der Waals surface area contributed by atoms with Crippen LogP contribution in [0.1, 0.15) is 25.0 Å². The first kappa shape index (κ1) is 18.4. The molecule has 2 atom stereocenters. The second-order valence-electron chi connectivity index (χ2n) is 6.94. The molecule has 1 aliphatic carbocycles. The summed E-state index contributed by atoms with van der Waals surface area (Å²) in [7, 11) is 0. The maximum atomic E-state index is 11.9. The van der Waals surface area contributed by atoms with Crippen LogP contribution in [0.15, 0.2) is 53.7 Å². The van der Waals surface area contributed by atoms with Crippen molar-refractivity contribution >= 4 is 23.2 Å². The standard InChI is InChI=1S/C20H21ClN6O/c1-13-20(21)23-12-18(24-13)26-15-6-5-14(10-15)25-17-8-7-16(11-22-17)27-9-3-2-4-19(27)28/h2-4,7-9,11-12,14-15H,5-6,10H2,1H3,(H,22,25)(H,24,26)/t14-,15-/m0/s1. The third-order valence-electron chi connectivity index (χ3n) is 4.87. The van der Waals surface area contributed by atoms with Crippen LogP contribution in [0.3, 0.4) is 0 Å². The molecule has 3 aromatic rings. The van der Waals surface area contributed by atoms with Gasteiger partial charge in [0.1, 0.15) is 16.8 Å². The van der Waals surface area contributed by atoms with Crippen molar-refractivity contribution in [2.75, 3.05) is 10.6 Å². The van der Waals surface area contributed by atoms with E-state index in [1.807, 2.05) is 25.1 Å². The van der Waals surface area contributed by atoms with Crippen LogP contribution in [0.4, 0.5) is 11.6 Å². The highest BCUT2D eigenvalue weighted by Gasteiger charge is 2.25. The summed E-state index contributed by atoms with van der Waals surface area (Å²) in [5, 5.41) is 7.34. The number of hydrogen-bond donors (Lipinski definition) is 2. The van der Waals surface area contributed by atoms with Gasteiger partial charge in [0.2, 0.25) is 0 Å². The molecule has 7 nitrogen and oxygen atoms in total. The molecule has 1 saturated carbocycles. The Hall–Kier alpha value is -2.93. The molecule has 8 heteroatoms. The fraction of sp³-hybridized carbons (Fsp3) is 0.300. The molecule has 0 saturated heterocycles. The van der Waals surface area contributed by atoms with Crippen molar-refractivity contribution in [1.82, 2.24) is 19.5 Å². The van der Waals surface area contributed by atoms with Gasteiger partial charge in [-0.2, -0.15) is 0 Å². The number of nitrogens with one attached hydrogen (secondary N) is 2. The number of aromatic nitrogens is 4. The molecule has 0 aliphatic heterocycles. The van der Waals surface area contributed by atoms with E-state index in [1.165, 1.54) is 6.07 Å². The van der Waals surface area contributed by atoms with Crippen LogP contribution in [0.2, 0.25) is 5.15 Å². The summed E-state index contributed by atoms with van der Waals surface area (Å²) in [5.41, 5.74) is 1.40. The fourth-order valence-corrected chi connectivity index (χ4v) is 3.54. The molecule has 3 heterocycles. The zero-order valence-corrected chi connectivity index (χ0v) is 16.2. The van der Waals surface area contributed by atoms with Crippen LogP contribution >= 0.6 is 11.6 Å². The summed E-state index contributed by atoms with van der Waals surface area (Å²) in [6.45, 7) is 1.85. The van der Waals surface area contributed by atoms with Gasteiger partial charge in [0.25, 0.3) is 5.56 Å². The molecule has 4 rings (SSSR count). The maximum Gasteiger partial charge on any atom is 0.255 e. The van der Waals surface area contributed by atoms with E-state index in [9.17, 15) is 4.79 Å². The number of aryl methyl sites for hydroxylation is 1. The van der Waals surface area contributed by atoms with Crippen molar-refractivity contribution in [3.63, 3.8) is 0 Å². The molecule has 1 aliphatic rings. The van der Waals surface area contributed by atoms with Crippen molar-refractivity contribution in [3.05, 3.63) is 70.1 Å². The van der Waals surface area contributed by atoms with Crippen molar-refractivity contribution in [3.8, 4) is 5.69 Å². The molecule has 0 radical (unpaired) electrons. The molecular formula is C20H21ClN6O. The Morgan fingerprint density at radius 2 is 1.82 bits per heavy atom. The van der Waals surface area contributed by atoms with Crippen LogP contribution in [-0.4, -0.2) is 31.6 Å². The van der Waals surface area contributed by atoms with Gasteiger partial charge in [-0.3, -0.25) is 9.36 Å². The van der Waals surface area contributed by atoms with Crippen LogP contribution in [0.25, 0.3) is 5.69 Å². The molecule has 0 amide bonds. The lowest BCUT2D eigenvalue weighted by Crippen LogP contribution is -2.22. The van der Waals surface area contributed by atoms with Crippen molar-refractivity contribution < 1.29 is 0 Å². The van der Waals surface area contributed by atoms with Gasteiger partial charge in [0.15, 0.2) is 0 Å². The Kier molecular flexibility index (Phi) is 5.25. The zero-order valence-electron chi connectivity index (χ0n) is 15.5. The number of anilines is 2. The van der Waals surface area contributed by atoms with Gasteiger partial charge < -0.3 is 10.6 Å². The van der Waals surface area contributed by atoms with E-state index >= 15 is 0 Å². The number of hydrogen-bond acceptors (Lipinski definition) is 6. The van der Waals surface area contributed by atoms with E-state index < -0.39 is 0 Å². The van der Waals surface area contributed by atoms with Crippen LogP contribution < -0.4 is 16.2 Å². The Labute approximate surface area is 167 Å². The van der Waals surface area contributed by atoms with Gasteiger partial charge in [0.05, 0.1) is 23.8 Å². The van der Waals surface area contributed by atoms with E-state index in [0.29, 0.717) is 17.2 Å². The summed E-state index contributed by atoms with van der Waals surface area (Å²) in [6.07, 6.45) is 8.16. The molecule has 1 fully saturated rings. The Morgan fingerprint density at radius 3 is 2.50 bits per heavy atom. The third kappa shape index (κ3) is 4.14. The lowest BCUT2D eigenvalue weighted by atomic mass is 10.2. The molecule has 0 bridgehead atoms. The summed E-state index contributed by atoms with van der Waals surface area (Å²) in [6, 6.07) is 9.54. The molecular weight excluding hydrogens is 376 g/mol. The summed E-state index contributed by atoms with van der Waals surface area (Å²) in [5.74, 6) is 1.56. The highest BCUT2D eigenvalue weighted by Crippen LogP contribution is 2.25. The minimum Gasteiger partial charge on any atom is -0.367 e. The second-order valence-corrected chi connectivity index (χ2v) is 7.30. The quantitative estimate of drug-likeness (QED) is 0.687. The Bertz CT molecular complexity index is 1020. The van der Waals surface area contributed by atoms with Gasteiger partial charge in [-0.15, -0.1) is 0 Å². The number of halogens is 1. The topological polar surface area (TPSA) is 84.7 Å². The molecule has 0 aromatic carbocycles. The van der Waals surface area contributed by atoms with Crippen LogP contribution in [-0.2, 0) is 0 Å². The predicted molar refractivity (Wildman–Crippen MR) is 110 cm³/mol. The number of rotatable bonds is 5. The number of pyridine rings is 2. The Balaban J connectivity index is 1.36.